The Morgan fingerprint density at radius 2 is 1.19 bits per heavy atom. The van der Waals surface area contributed by atoms with Crippen LogP contribution in [0.4, 0.5) is 34.1 Å². The molecule has 4 heteroatoms. The normalized spacial score (nSPS) is 14.5. The third-order valence-corrected chi connectivity index (χ3v) is 10.9. The summed E-state index contributed by atoms with van der Waals surface area (Å²) in [6.07, 6.45) is 2.00. The van der Waals surface area contributed by atoms with Crippen molar-refractivity contribution in [3.63, 3.8) is 0 Å². The van der Waals surface area contributed by atoms with Crippen molar-refractivity contribution in [2.75, 3.05) is 9.80 Å². The average Bonchev–Trinajstić information content (AvgIpc) is 3.54. The molecule has 0 spiro atoms. The molecule has 6 aromatic carbocycles. The molecule has 8 aromatic rings. The van der Waals surface area contributed by atoms with Gasteiger partial charge in [0.1, 0.15) is 0 Å². The molecule has 3 aliphatic rings. The van der Waals surface area contributed by atoms with E-state index in [1.807, 2.05) is 6.20 Å². The van der Waals surface area contributed by atoms with Crippen LogP contribution in [0.1, 0.15) is 25.0 Å². The second-order valence-electron chi connectivity index (χ2n) is 13.6. The van der Waals surface area contributed by atoms with Crippen molar-refractivity contribution in [2.24, 2.45) is 0 Å². The Bertz CT molecular complexity index is 2660. The van der Waals surface area contributed by atoms with Crippen LogP contribution in [0.2, 0.25) is 0 Å². The van der Waals surface area contributed by atoms with E-state index >= 15 is 0 Å². The van der Waals surface area contributed by atoms with E-state index in [-0.39, 0.29) is 5.41 Å². The number of hydrogen-bond donors (Lipinski definition) is 0. The van der Waals surface area contributed by atoms with Crippen molar-refractivity contribution in [3.05, 3.63) is 157 Å². The van der Waals surface area contributed by atoms with Gasteiger partial charge < -0.3 is 14.4 Å². The Kier molecular flexibility index (Phi) is 4.88. The van der Waals surface area contributed by atoms with E-state index in [0.717, 1.165) is 39.7 Å². The number of aromatic nitrogens is 2. The van der Waals surface area contributed by atoms with Gasteiger partial charge in [-0.15, -0.1) is 0 Å². The van der Waals surface area contributed by atoms with E-state index in [1.54, 1.807) is 0 Å². The number of benzene rings is 6. The fourth-order valence-electron chi connectivity index (χ4n) is 8.81. The van der Waals surface area contributed by atoms with Crippen LogP contribution in [0, 0.1) is 0 Å². The molecule has 0 unspecified atom stereocenters. The molecule has 2 aromatic heterocycles. The summed E-state index contributed by atoms with van der Waals surface area (Å²) >= 11 is 0. The van der Waals surface area contributed by atoms with E-state index in [1.165, 1.54) is 55.4 Å². The van der Waals surface area contributed by atoms with Gasteiger partial charge in [0.2, 0.25) is 0 Å². The van der Waals surface area contributed by atoms with E-state index in [9.17, 15) is 0 Å². The summed E-state index contributed by atoms with van der Waals surface area (Å²) in [7, 11) is 0. The minimum absolute atomic E-state index is 0.108. The van der Waals surface area contributed by atoms with Crippen LogP contribution in [0.15, 0.2) is 146 Å². The van der Waals surface area contributed by atoms with E-state index in [4.69, 9.17) is 4.98 Å². The zero-order valence-corrected chi connectivity index (χ0v) is 26.6. The SMILES string of the molecule is CC1(C)c2cccc3c2-c2c1ccnc2-c1cccc2c1N3c1ccccc1N2c1ccc2c(c1)c1ccccc1n2-c1ccccc1. The monoisotopic (exact) mass is 614 g/mol. The highest BCUT2D eigenvalue weighted by Gasteiger charge is 2.44. The molecule has 48 heavy (non-hydrogen) atoms. The first kappa shape index (κ1) is 26.0. The van der Waals surface area contributed by atoms with Crippen LogP contribution in [-0.2, 0) is 5.41 Å². The van der Waals surface area contributed by atoms with Crippen LogP contribution < -0.4 is 9.80 Å². The van der Waals surface area contributed by atoms with Gasteiger partial charge in [0.15, 0.2) is 0 Å². The second kappa shape index (κ2) is 9.02. The summed E-state index contributed by atoms with van der Waals surface area (Å²) in [5, 5.41) is 2.48. The molecule has 11 rings (SSSR count). The Morgan fingerprint density at radius 3 is 2.06 bits per heavy atom. The fraction of sp³-hybridized carbons (Fsp3) is 0.0682. The fourth-order valence-corrected chi connectivity index (χ4v) is 8.81. The van der Waals surface area contributed by atoms with Gasteiger partial charge in [-0.2, -0.15) is 0 Å². The van der Waals surface area contributed by atoms with Gasteiger partial charge in [-0.25, -0.2) is 0 Å². The van der Waals surface area contributed by atoms with Gasteiger partial charge in [-0.1, -0.05) is 86.6 Å². The van der Waals surface area contributed by atoms with Crippen molar-refractivity contribution in [1.82, 2.24) is 9.55 Å². The van der Waals surface area contributed by atoms with Gasteiger partial charge >= 0.3 is 0 Å². The standard InChI is InChI=1S/C44H30N4/c1-44(2)32-16-11-20-38-40(32)41-33(44)24-25-45-42(41)30-15-10-21-39-43(30)48(38)37-19-9-8-18-36(37)47(39)28-22-23-35-31(26-28)29-14-6-7-17-34(29)46(35)27-12-4-3-5-13-27/h3-26H,1-2H3. The van der Waals surface area contributed by atoms with E-state index in [0.29, 0.717) is 0 Å². The van der Waals surface area contributed by atoms with Gasteiger partial charge in [-0.05, 0) is 77.9 Å². The Labute approximate surface area is 278 Å². The lowest BCUT2D eigenvalue weighted by atomic mass is 9.82. The highest BCUT2D eigenvalue weighted by molar-refractivity contribution is 6.15. The summed E-state index contributed by atoms with van der Waals surface area (Å²) < 4.78 is 2.38. The smallest absolute Gasteiger partial charge is 0.0806 e. The number of hydrogen-bond acceptors (Lipinski definition) is 3. The lowest BCUT2D eigenvalue weighted by molar-refractivity contribution is 0.659. The quantitative estimate of drug-likeness (QED) is 0.194. The molecular weight excluding hydrogens is 585 g/mol. The maximum Gasteiger partial charge on any atom is 0.0806 e. The summed E-state index contributed by atoms with van der Waals surface area (Å²) in [5.74, 6) is 0. The Hall–Kier alpha value is -6.13. The number of anilines is 6. The summed E-state index contributed by atoms with van der Waals surface area (Å²) in [6, 6.07) is 51.0. The van der Waals surface area contributed by atoms with Crippen LogP contribution in [0.25, 0.3) is 49.9 Å². The molecule has 0 N–H and O–H groups in total. The lowest BCUT2D eigenvalue weighted by Crippen LogP contribution is -2.25. The average molecular weight is 615 g/mol. The zero-order chi connectivity index (χ0) is 31.7. The van der Waals surface area contributed by atoms with Crippen molar-refractivity contribution >= 4 is 55.9 Å². The minimum atomic E-state index is -0.108. The molecule has 226 valence electrons. The first-order valence-corrected chi connectivity index (χ1v) is 16.7. The highest BCUT2D eigenvalue weighted by atomic mass is 15.3. The maximum atomic E-state index is 5.13. The molecule has 0 radical (unpaired) electrons. The summed E-state index contributed by atoms with van der Waals surface area (Å²) in [6.45, 7) is 4.70. The molecule has 0 amide bonds. The number of fused-ring (bicyclic) bond motifs is 7. The third kappa shape index (κ3) is 3.12. The highest BCUT2D eigenvalue weighted by Crippen LogP contribution is 2.64. The third-order valence-electron chi connectivity index (χ3n) is 10.9. The molecule has 0 fully saturated rings. The Balaban J connectivity index is 1.22. The molecule has 0 atom stereocenters. The summed E-state index contributed by atoms with van der Waals surface area (Å²) in [5.41, 5.74) is 17.9. The predicted octanol–water partition coefficient (Wildman–Crippen LogP) is 11.7. The van der Waals surface area contributed by atoms with E-state index < -0.39 is 0 Å². The number of para-hydroxylation sites is 5. The molecule has 2 aliphatic heterocycles. The molecular formula is C44H30N4. The van der Waals surface area contributed by atoms with Gasteiger partial charge in [0.25, 0.3) is 0 Å². The minimum Gasteiger partial charge on any atom is -0.309 e. The van der Waals surface area contributed by atoms with Crippen molar-refractivity contribution in [1.29, 1.82) is 0 Å². The summed E-state index contributed by atoms with van der Waals surface area (Å²) in [4.78, 5) is 10.1. The number of rotatable bonds is 2. The number of pyridine rings is 1. The first-order valence-electron chi connectivity index (χ1n) is 16.7. The van der Waals surface area contributed by atoms with Crippen molar-refractivity contribution in [3.8, 4) is 28.1 Å². The second-order valence-corrected chi connectivity index (χ2v) is 13.6. The Morgan fingerprint density at radius 1 is 0.500 bits per heavy atom. The van der Waals surface area contributed by atoms with E-state index in [2.05, 4.69) is 168 Å². The molecule has 4 heterocycles. The largest absolute Gasteiger partial charge is 0.309 e. The topological polar surface area (TPSA) is 24.3 Å². The van der Waals surface area contributed by atoms with Crippen LogP contribution in [0.3, 0.4) is 0 Å². The maximum absolute atomic E-state index is 5.13. The number of nitrogens with zero attached hydrogens (tertiary/aromatic N) is 4. The first-order chi connectivity index (χ1) is 23.6. The molecule has 0 saturated carbocycles. The van der Waals surface area contributed by atoms with Crippen LogP contribution in [0.5, 0.6) is 0 Å². The molecule has 0 saturated heterocycles. The van der Waals surface area contributed by atoms with Gasteiger partial charge in [-0.3, -0.25) is 4.98 Å². The molecule has 1 aliphatic carbocycles. The van der Waals surface area contributed by atoms with Crippen LogP contribution >= 0.6 is 0 Å². The van der Waals surface area contributed by atoms with Gasteiger partial charge in [0.05, 0.1) is 45.2 Å². The molecule has 4 nitrogen and oxygen atoms in total. The van der Waals surface area contributed by atoms with Crippen LogP contribution in [-0.4, -0.2) is 9.55 Å². The zero-order valence-electron chi connectivity index (χ0n) is 26.6. The van der Waals surface area contributed by atoms with Crippen molar-refractivity contribution < 1.29 is 0 Å². The van der Waals surface area contributed by atoms with Gasteiger partial charge in [0, 0.05) is 50.4 Å². The van der Waals surface area contributed by atoms with Crippen molar-refractivity contribution in [2.45, 2.75) is 19.3 Å². The predicted molar refractivity (Wildman–Crippen MR) is 198 cm³/mol. The molecule has 0 bridgehead atoms. The lowest BCUT2D eigenvalue weighted by Gasteiger charge is -2.41.